The summed E-state index contributed by atoms with van der Waals surface area (Å²) in [6.07, 6.45) is 6.75. The molecule has 2 rings (SSSR count). The van der Waals surface area contributed by atoms with Gasteiger partial charge in [0, 0.05) is 25.5 Å². The molecule has 1 N–H and O–H groups in total. The van der Waals surface area contributed by atoms with Gasteiger partial charge in [-0.05, 0) is 18.8 Å². The lowest BCUT2D eigenvalue weighted by atomic mass is 10.0. The molecule has 1 aliphatic rings. The van der Waals surface area contributed by atoms with Crippen molar-refractivity contribution < 1.29 is 9.59 Å². The minimum absolute atomic E-state index is 0.0932. The second-order valence-corrected chi connectivity index (χ2v) is 5.28. The van der Waals surface area contributed by atoms with Crippen molar-refractivity contribution in [1.82, 2.24) is 19.8 Å². The van der Waals surface area contributed by atoms with Gasteiger partial charge in [0.25, 0.3) is 5.91 Å². The van der Waals surface area contributed by atoms with Crippen molar-refractivity contribution in [1.29, 1.82) is 0 Å². The number of imide groups is 1. The lowest BCUT2D eigenvalue weighted by Crippen LogP contribution is -2.33. The molecule has 3 amide bonds. The molecule has 1 aromatic rings. The average Bonchev–Trinajstić information content (AvgIpc) is 2.92. The fourth-order valence-electron chi connectivity index (χ4n) is 2.25. The molecule has 19 heavy (non-hydrogen) atoms. The maximum atomic E-state index is 12.1. The van der Waals surface area contributed by atoms with Gasteiger partial charge in [-0.1, -0.05) is 13.8 Å². The Hall–Kier alpha value is -1.85. The third-order valence-corrected chi connectivity index (χ3v) is 3.17. The molecular weight excluding hydrogens is 244 g/mol. The predicted octanol–water partition coefficient (Wildman–Crippen LogP) is 1.24. The maximum absolute atomic E-state index is 12.1. The van der Waals surface area contributed by atoms with Crippen LogP contribution in [-0.2, 0) is 11.3 Å². The van der Waals surface area contributed by atoms with Crippen LogP contribution in [0.2, 0.25) is 0 Å². The minimum Gasteiger partial charge on any atom is -0.337 e. The highest BCUT2D eigenvalue weighted by atomic mass is 16.2. The van der Waals surface area contributed by atoms with Crippen LogP contribution in [0.5, 0.6) is 0 Å². The van der Waals surface area contributed by atoms with E-state index >= 15 is 0 Å². The molecule has 0 saturated carbocycles. The molecule has 0 aromatic carbocycles. The number of aryl methyl sites for hydroxylation is 1. The first-order chi connectivity index (χ1) is 9.08. The van der Waals surface area contributed by atoms with Crippen LogP contribution < -0.4 is 5.32 Å². The number of hydrogen-bond acceptors (Lipinski definition) is 3. The highest BCUT2D eigenvalue weighted by Crippen LogP contribution is 2.14. The summed E-state index contributed by atoms with van der Waals surface area (Å²) >= 11 is 0. The van der Waals surface area contributed by atoms with E-state index in [1.165, 1.54) is 4.90 Å². The zero-order valence-corrected chi connectivity index (χ0v) is 11.4. The van der Waals surface area contributed by atoms with Crippen molar-refractivity contribution in [2.45, 2.75) is 39.3 Å². The standard InChI is InChI=1S/C13H20N4O2/c1-10(2)8-11-12(18)17(13(19)15-11)6-3-5-16-7-4-14-9-16/h4,7,9-11H,3,5-6,8H2,1-2H3,(H,15,19)/t11-/m0/s1. The van der Waals surface area contributed by atoms with Crippen molar-refractivity contribution in [3.8, 4) is 0 Å². The topological polar surface area (TPSA) is 67.2 Å². The summed E-state index contributed by atoms with van der Waals surface area (Å²) in [5, 5.41) is 2.75. The summed E-state index contributed by atoms with van der Waals surface area (Å²) in [6.45, 7) is 5.30. The van der Waals surface area contributed by atoms with E-state index in [2.05, 4.69) is 10.3 Å². The van der Waals surface area contributed by atoms with Crippen LogP contribution in [0.3, 0.4) is 0 Å². The van der Waals surface area contributed by atoms with E-state index in [9.17, 15) is 9.59 Å². The highest BCUT2D eigenvalue weighted by Gasteiger charge is 2.37. The number of nitrogens with zero attached hydrogens (tertiary/aromatic N) is 3. The summed E-state index contributed by atoms with van der Waals surface area (Å²) in [4.78, 5) is 29.1. The van der Waals surface area contributed by atoms with E-state index in [1.807, 2.05) is 24.6 Å². The Bertz CT molecular complexity index is 442. The summed E-state index contributed by atoms with van der Waals surface area (Å²) in [5.41, 5.74) is 0. The number of carbonyl (C=O) groups excluding carboxylic acids is 2. The fourth-order valence-corrected chi connectivity index (χ4v) is 2.25. The van der Waals surface area contributed by atoms with Gasteiger partial charge in [0.05, 0.1) is 6.33 Å². The Kier molecular flexibility index (Phi) is 4.19. The fraction of sp³-hybridized carbons (Fsp3) is 0.615. The van der Waals surface area contributed by atoms with E-state index in [4.69, 9.17) is 0 Å². The smallest absolute Gasteiger partial charge is 0.324 e. The Morgan fingerprint density at radius 2 is 2.16 bits per heavy atom. The van der Waals surface area contributed by atoms with Crippen molar-refractivity contribution in [3.63, 3.8) is 0 Å². The Balaban J connectivity index is 1.83. The zero-order chi connectivity index (χ0) is 13.8. The number of hydrogen-bond donors (Lipinski definition) is 1. The molecule has 0 unspecified atom stereocenters. The van der Waals surface area contributed by atoms with Gasteiger partial charge in [0.1, 0.15) is 6.04 Å². The van der Waals surface area contributed by atoms with E-state index in [0.717, 1.165) is 13.0 Å². The SMILES string of the molecule is CC(C)C[C@@H]1NC(=O)N(CCCn2ccnc2)C1=O. The summed E-state index contributed by atoms with van der Waals surface area (Å²) in [6, 6.07) is -0.609. The van der Waals surface area contributed by atoms with Crippen LogP contribution in [0.1, 0.15) is 26.7 Å². The quantitative estimate of drug-likeness (QED) is 0.786. The molecule has 6 heteroatoms. The Labute approximate surface area is 112 Å². The van der Waals surface area contributed by atoms with Crippen molar-refractivity contribution in [3.05, 3.63) is 18.7 Å². The molecular formula is C13H20N4O2. The molecule has 1 atom stereocenters. The lowest BCUT2D eigenvalue weighted by molar-refractivity contribution is -0.127. The van der Waals surface area contributed by atoms with Crippen LogP contribution in [0.4, 0.5) is 4.79 Å². The monoisotopic (exact) mass is 264 g/mol. The van der Waals surface area contributed by atoms with Crippen molar-refractivity contribution in [2.24, 2.45) is 5.92 Å². The predicted molar refractivity (Wildman–Crippen MR) is 70.3 cm³/mol. The molecule has 6 nitrogen and oxygen atoms in total. The lowest BCUT2D eigenvalue weighted by Gasteiger charge is -2.13. The molecule has 0 aliphatic carbocycles. The molecule has 1 saturated heterocycles. The van der Waals surface area contributed by atoms with Gasteiger partial charge in [-0.15, -0.1) is 0 Å². The molecule has 104 valence electrons. The van der Waals surface area contributed by atoms with Crippen molar-refractivity contribution >= 4 is 11.9 Å². The van der Waals surface area contributed by atoms with E-state index in [1.54, 1.807) is 12.5 Å². The van der Waals surface area contributed by atoms with Gasteiger partial charge < -0.3 is 9.88 Å². The number of carbonyl (C=O) groups is 2. The summed E-state index contributed by atoms with van der Waals surface area (Å²) in [7, 11) is 0. The molecule has 0 radical (unpaired) electrons. The van der Waals surface area contributed by atoms with E-state index in [-0.39, 0.29) is 18.0 Å². The number of rotatable bonds is 6. The van der Waals surface area contributed by atoms with Gasteiger partial charge in [-0.3, -0.25) is 9.69 Å². The normalized spacial score (nSPS) is 19.3. The zero-order valence-electron chi connectivity index (χ0n) is 11.4. The number of imidazole rings is 1. The van der Waals surface area contributed by atoms with Crippen LogP contribution in [0.25, 0.3) is 0 Å². The molecule has 2 heterocycles. The first kappa shape index (κ1) is 13.6. The average molecular weight is 264 g/mol. The maximum Gasteiger partial charge on any atom is 0.324 e. The molecule has 0 spiro atoms. The number of nitrogens with one attached hydrogen (secondary N) is 1. The molecule has 1 fully saturated rings. The third kappa shape index (κ3) is 3.33. The van der Waals surface area contributed by atoms with Crippen LogP contribution in [-0.4, -0.2) is 39.0 Å². The number of aromatic nitrogens is 2. The second-order valence-electron chi connectivity index (χ2n) is 5.28. The summed E-state index contributed by atoms with van der Waals surface area (Å²) < 4.78 is 1.93. The first-order valence-electron chi connectivity index (χ1n) is 6.65. The van der Waals surface area contributed by atoms with E-state index in [0.29, 0.717) is 18.9 Å². The second kappa shape index (κ2) is 5.86. The first-order valence-corrected chi connectivity index (χ1v) is 6.65. The van der Waals surface area contributed by atoms with Crippen LogP contribution in [0, 0.1) is 5.92 Å². The van der Waals surface area contributed by atoms with Gasteiger partial charge in [0.15, 0.2) is 0 Å². The molecule has 1 aliphatic heterocycles. The van der Waals surface area contributed by atoms with Gasteiger partial charge in [0.2, 0.25) is 0 Å². The largest absolute Gasteiger partial charge is 0.337 e. The van der Waals surface area contributed by atoms with Crippen LogP contribution >= 0.6 is 0 Å². The molecule has 0 bridgehead atoms. The molecule has 1 aromatic heterocycles. The third-order valence-electron chi connectivity index (χ3n) is 3.17. The van der Waals surface area contributed by atoms with Crippen LogP contribution in [0.15, 0.2) is 18.7 Å². The van der Waals surface area contributed by atoms with Gasteiger partial charge in [-0.25, -0.2) is 9.78 Å². The minimum atomic E-state index is -0.347. The van der Waals surface area contributed by atoms with Gasteiger partial charge >= 0.3 is 6.03 Å². The summed E-state index contributed by atoms with van der Waals surface area (Å²) in [5.74, 6) is 0.296. The van der Waals surface area contributed by atoms with Crippen molar-refractivity contribution in [2.75, 3.05) is 6.54 Å². The highest BCUT2D eigenvalue weighted by molar-refractivity contribution is 6.04. The van der Waals surface area contributed by atoms with E-state index < -0.39 is 0 Å². The number of urea groups is 1. The Morgan fingerprint density at radius 1 is 1.37 bits per heavy atom. The Morgan fingerprint density at radius 3 is 2.79 bits per heavy atom. The van der Waals surface area contributed by atoms with Gasteiger partial charge in [-0.2, -0.15) is 0 Å². The number of amides is 3.